The van der Waals surface area contributed by atoms with E-state index in [2.05, 4.69) is 17.1 Å². The topological polar surface area (TPSA) is 75.5 Å². The van der Waals surface area contributed by atoms with Crippen LogP contribution in [0.25, 0.3) is 0 Å². The van der Waals surface area contributed by atoms with Crippen molar-refractivity contribution < 1.29 is 9.72 Å². The summed E-state index contributed by atoms with van der Waals surface area (Å²) in [6, 6.07) is 6.61. The second kappa shape index (κ2) is 5.79. The maximum Gasteiger partial charge on any atom is 0.269 e. The Morgan fingerprint density at radius 2 is 2.11 bits per heavy atom. The predicted molar refractivity (Wildman–Crippen MR) is 71.0 cm³/mol. The zero-order chi connectivity index (χ0) is 13.8. The van der Waals surface area contributed by atoms with Crippen molar-refractivity contribution in [1.82, 2.24) is 10.2 Å². The summed E-state index contributed by atoms with van der Waals surface area (Å²) in [6.07, 6.45) is 0. The Hall–Kier alpha value is -1.95. The molecule has 1 aromatic rings. The molecule has 0 saturated carbocycles. The molecule has 6 heteroatoms. The highest BCUT2D eigenvalue weighted by atomic mass is 16.6. The Balaban J connectivity index is 1.97. The van der Waals surface area contributed by atoms with Crippen molar-refractivity contribution >= 4 is 11.6 Å². The Bertz CT molecular complexity index is 473. The summed E-state index contributed by atoms with van der Waals surface area (Å²) >= 11 is 0. The number of non-ortho nitro benzene ring substituents is 1. The summed E-state index contributed by atoms with van der Waals surface area (Å²) < 4.78 is 0. The van der Waals surface area contributed by atoms with Crippen LogP contribution in [0.15, 0.2) is 24.3 Å². The molecule has 1 fully saturated rings. The molecule has 2 rings (SSSR count). The van der Waals surface area contributed by atoms with E-state index in [4.69, 9.17) is 0 Å². The molecule has 0 aliphatic carbocycles. The minimum absolute atomic E-state index is 0.0575. The number of amides is 1. The standard InChI is InChI=1S/C13H17N3O3/c1-10(8-15-7-6-14-13(17)9-15)11-2-4-12(5-3-11)16(18)19/h2-5,10H,6-9H2,1H3,(H,14,17)/t10-/m1/s1. The maximum absolute atomic E-state index is 11.3. The maximum atomic E-state index is 11.3. The molecule has 19 heavy (non-hydrogen) atoms. The molecule has 1 heterocycles. The first kappa shape index (κ1) is 13.5. The summed E-state index contributed by atoms with van der Waals surface area (Å²) in [5.74, 6) is 0.300. The molecule has 102 valence electrons. The fraction of sp³-hybridized carbons (Fsp3) is 0.462. The van der Waals surface area contributed by atoms with Gasteiger partial charge in [0, 0.05) is 31.8 Å². The molecule has 1 aliphatic rings. The molecule has 0 spiro atoms. The molecule has 0 unspecified atom stereocenters. The summed E-state index contributed by atoms with van der Waals surface area (Å²) in [4.78, 5) is 23.6. The average molecular weight is 263 g/mol. The fourth-order valence-electron chi connectivity index (χ4n) is 2.26. The number of hydrogen-bond acceptors (Lipinski definition) is 4. The molecule has 1 aromatic carbocycles. The Kier molecular flexibility index (Phi) is 4.11. The normalized spacial score (nSPS) is 17.8. The lowest BCUT2D eigenvalue weighted by Gasteiger charge is -2.29. The van der Waals surface area contributed by atoms with Crippen LogP contribution in [0.1, 0.15) is 18.4 Å². The number of rotatable bonds is 4. The van der Waals surface area contributed by atoms with Crippen LogP contribution in [0.2, 0.25) is 0 Å². The van der Waals surface area contributed by atoms with Crippen molar-refractivity contribution in [2.45, 2.75) is 12.8 Å². The zero-order valence-corrected chi connectivity index (χ0v) is 10.8. The van der Waals surface area contributed by atoms with Crippen LogP contribution < -0.4 is 5.32 Å². The number of benzene rings is 1. The number of nitro groups is 1. The van der Waals surface area contributed by atoms with Crippen LogP contribution in [-0.2, 0) is 4.79 Å². The van der Waals surface area contributed by atoms with Gasteiger partial charge in [0.1, 0.15) is 0 Å². The van der Waals surface area contributed by atoms with Gasteiger partial charge in [0.15, 0.2) is 0 Å². The van der Waals surface area contributed by atoms with Gasteiger partial charge in [0.05, 0.1) is 11.5 Å². The third kappa shape index (κ3) is 3.51. The zero-order valence-electron chi connectivity index (χ0n) is 10.8. The van der Waals surface area contributed by atoms with Crippen LogP contribution in [0.5, 0.6) is 0 Å². The Labute approximate surface area is 111 Å². The predicted octanol–water partition coefficient (Wildman–Crippen LogP) is 1.13. The van der Waals surface area contributed by atoms with Gasteiger partial charge in [-0.25, -0.2) is 0 Å². The van der Waals surface area contributed by atoms with Crippen LogP contribution in [-0.4, -0.2) is 41.9 Å². The van der Waals surface area contributed by atoms with E-state index in [0.717, 1.165) is 18.7 Å². The number of nitro benzene ring substituents is 1. The van der Waals surface area contributed by atoms with Gasteiger partial charge in [-0.15, -0.1) is 0 Å². The molecular formula is C13H17N3O3. The van der Waals surface area contributed by atoms with Gasteiger partial charge in [-0.2, -0.15) is 0 Å². The first-order chi connectivity index (χ1) is 9.06. The smallest absolute Gasteiger partial charge is 0.269 e. The van der Waals surface area contributed by atoms with Gasteiger partial charge >= 0.3 is 0 Å². The lowest BCUT2D eigenvalue weighted by atomic mass is 10.00. The number of piperazine rings is 1. The van der Waals surface area contributed by atoms with E-state index < -0.39 is 4.92 Å². The Morgan fingerprint density at radius 3 is 2.68 bits per heavy atom. The first-order valence-electron chi connectivity index (χ1n) is 6.29. The number of hydrogen-bond donors (Lipinski definition) is 1. The van der Waals surface area contributed by atoms with Crippen LogP contribution in [0.3, 0.4) is 0 Å². The lowest BCUT2D eigenvalue weighted by Crippen LogP contribution is -2.48. The third-order valence-corrected chi connectivity index (χ3v) is 3.32. The number of carbonyl (C=O) groups is 1. The summed E-state index contributed by atoms with van der Waals surface area (Å²) in [6.45, 7) is 4.81. The second-order valence-corrected chi connectivity index (χ2v) is 4.83. The summed E-state index contributed by atoms with van der Waals surface area (Å²) in [5, 5.41) is 13.4. The van der Waals surface area contributed by atoms with Gasteiger partial charge in [-0.05, 0) is 11.5 Å². The quantitative estimate of drug-likeness (QED) is 0.652. The first-order valence-corrected chi connectivity index (χ1v) is 6.29. The van der Waals surface area contributed by atoms with Gasteiger partial charge in [-0.1, -0.05) is 19.1 Å². The Morgan fingerprint density at radius 1 is 1.42 bits per heavy atom. The van der Waals surface area contributed by atoms with E-state index in [1.165, 1.54) is 12.1 Å². The molecule has 0 aromatic heterocycles. The monoisotopic (exact) mass is 263 g/mol. The number of carbonyl (C=O) groups excluding carboxylic acids is 1. The molecular weight excluding hydrogens is 246 g/mol. The summed E-state index contributed by atoms with van der Waals surface area (Å²) in [7, 11) is 0. The highest BCUT2D eigenvalue weighted by molar-refractivity contribution is 5.78. The van der Waals surface area contributed by atoms with Crippen molar-refractivity contribution in [3.05, 3.63) is 39.9 Å². The SMILES string of the molecule is C[C@H](CN1CCNC(=O)C1)c1ccc([N+](=O)[O-])cc1. The summed E-state index contributed by atoms with van der Waals surface area (Å²) in [5.41, 5.74) is 1.16. The molecule has 1 aliphatic heterocycles. The van der Waals surface area contributed by atoms with Crippen LogP contribution in [0, 0.1) is 10.1 Å². The van der Waals surface area contributed by atoms with E-state index in [1.807, 2.05) is 0 Å². The lowest BCUT2D eigenvalue weighted by molar-refractivity contribution is -0.384. The average Bonchev–Trinajstić information content (AvgIpc) is 2.39. The van der Waals surface area contributed by atoms with Crippen molar-refractivity contribution in [2.24, 2.45) is 0 Å². The van der Waals surface area contributed by atoms with Crippen LogP contribution >= 0.6 is 0 Å². The minimum atomic E-state index is -0.399. The molecule has 0 radical (unpaired) electrons. The molecule has 6 nitrogen and oxygen atoms in total. The minimum Gasteiger partial charge on any atom is -0.354 e. The van der Waals surface area contributed by atoms with Crippen molar-refractivity contribution in [1.29, 1.82) is 0 Å². The third-order valence-electron chi connectivity index (χ3n) is 3.32. The van der Waals surface area contributed by atoms with Gasteiger partial charge in [0.2, 0.25) is 5.91 Å². The van der Waals surface area contributed by atoms with E-state index in [9.17, 15) is 14.9 Å². The van der Waals surface area contributed by atoms with Crippen LogP contribution in [0.4, 0.5) is 5.69 Å². The van der Waals surface area contributed by atoms with E-state index in [0.29, 0.717) is 13.1 Å². The molecule has 1 amide bonds. The molecule has 1 saturated heterocycles. The molecule has 1 N–H and O–H groups in total. The fourth-order valence-corrected chi connectivity index (χ4v) is 2.26. The highest BCUT2D eigenvalue weighted by Gasteiger charge is 2.19. The molecule has 0 bridgehead atoms. The largest absolute Gasteiger partial charge is 0.354 e. The second-order valence-electron chi connectivity index (χ2n) is 4.83. The van der Waals surface area contributed by atoms with Crippen molar-refractivity contribution in [3.8, 4) is 0 Å². The van der Waals surface area contributed by atoms with Crippen molar-refractivity contribution in [2.75, 3.05) is 26.2 Å². The number of nitrogens with zero attached hydrogens (tertiary/aromatic N) is 2. The van der Waals surface area contributed by atoms with Gasteiger partial charge < -0.3 is 5.32 Å². The molecule has 1 atom stereocenters. The van der Waals surface area contributed by atoms with E-state index >= 15 is 0 Å². The van der Waals surface area contributed by atoms with Crippen molar-refractivity contribution in [3.63, 3.8) is 0 Å². The van der Waals surface area contributed by atoms with E-state index in [1.54, 1.807) is 12.1 Å². The van der Waals surface area contributed by atoms with E-state index in [-0.39, 0.29) is 17.5 Å². The number of nitrogens with one attached hydrogen (secondary N) is 1. The highest BCUT2D eigenvalue weighted by Crippen LogP contribution is 2.20. The van der Waals surface area contributed by atoms with Gasteiger partial charge in [-0.3, -0.25) is 19.8 Å². The van der Waals surface area contributed by atoms with Gasteiger partial charge in [0.25, 0.3) is 5.69 Å².